The maximum atomic E-state index is 4.55. The predicted molar refractivity (Wildman–Crippen MR) is 81.0 cm³/mol. The molecule has 0 aliphatic heterocycles. The lowest BCUT2D eigenvalue weighted by Gasteiger charge is -2.22. The van der Waals surface area contributed by atoms with Gasteiger partial charge in [-0.25, -0.2) is 0 Å². The standard InChI is InChI=1S/C15H24BrN3/c1-3-19-14(15(16)10(2)18-19)9-17-8-13-7-11-4-5-12(13)6-11/h11-13,17H,3-9H2,1-2H3. The number of nitrogens with zero attached hydrogens (tertiary/aromatic N) is 2. The monoisotopic (exact) mass is 325 g/mol. The van der Waals surface area contributed by atoms with Gasteiger partial charge in [-0.15, -0.1) is 0 Å². The number of nitrogens with one attached hydrogen (secondary N) is 1. The third-order valence-corrected chi connectivity index (χ3v) is 6.07. The van der Waals surface area contributed by atoms with E-state index >= 15 is 0 Å². The van der Waals surface area contributed by atoms with E-state index in [0.717, 1.165) is 36.5 Å². The van der Waals surface area contributed by atoms with Gasteiger partial charge in [0.2, 0.25) is 0 Å². The zero-order valence-electron chi connectivity index (χ0n) is 12.0. The molecule has 3 atom stereocenters. The highest BCUT2D eigenvalue weighted by atomic mass is 79.9. The van der Waals surface area contributed by atoms with Crippen LogP contribution in [0.4, 0.5) is 0 Å². The molecule has 0 amide bonds. The number of fused-ring (bicyclic) bond motifs is 2. The van der Waals surface area contributed by atoms with Crippen LogP contribution in [0.25, 0.3) is 0 Å². The van der Waals surface area contributed by atoms with E-state index < -0.39 is 0 Å². The van der Waals surface area contributed by atoms with Crippen molar-refractivity contribution in [2.45, 2.75) is 52.6 Å². The summed E-state index contributed by atoms with van der Waals surface area (Å²) in [6.45, 7) is 7.27. The molecule has 3 nitrogen and oxygen atoms in total. The van der Waals surface area contributed by atoms with Crippen molar-refractivity contribution < 1.29 is 0 Å². The van der Waals surface area contributed by atoms with Crippen LogP contribution < -0.4 is 5.32 Å². The van der Waals surface area contributed by atoms with E-state index in [0.29, 0.717) is 0 Å². The molecule has 0 spiro atoms. The zero-order valence-corrected chi connectivity index (χ0v) is 13.5. The molecule has 1 heterocycles. The van der Waals surface area contributed by atoms with Crippen LogP contribution in [0.1, 0.15) is 44.0 Å². The van der Waals surface area contributed by atoms with E-state index in [9.17, 15) is 0 Å². The van der Waals surface area contributed by atoms with Gasteiger partial charge in [-0.1, -0.05) is 6.42 Å². The first kappa shape index (κ1) is 13.6. The van der Waals surface area contributed by atoms with Crippen LogP contribution in [-0.2, 0) is 13.1 Å². The van der Waals surface area contributed by atoms with Crippen molar-refractivity contribution in [3.8, 4) is 0 Å². The molecule has 106 valence electrons. The summed E-state index contributed by atoms with van der Waals surface area (Å²) >= 11 is 3.66. The van der Waals surface area contributed by atoms with Crippen molar-refractivity contribution in [3.63, 3.8) is 0 Å². The summed E-state index contributed by atoms with van der Waals surface area (Å²) in [5.41, 5.74) is 2.39. The molecule has 0 saturated heterocycles. The van der Waals surface area contributed by atoms with Crippen molar-refractivity contribution in [2.75, 3.05) is 6.54 Å². The molecule has 19 heavy (non-hydrogen) atoms. The van der Waals surface area contributed by atoms with E-state index in [4.69, 9.17) is 0 Å². The summed E-state index contributed by atoms with van der Waals surface area (Å²) < 4.78 is 3.28. The van der Waals surface area contributed by atoms with Gasteiger partial charge in [0.25, 0.3) is 0 Å². The summed E-state index contributed by atoms with van der Waals surface area (Å²) in [6.07, 6.45) is 5.94. The maximum Gasteiger partial charge on any atom is 0.0739 e. The number of aromatic nitrogens is 2. The topological polar surface area (TPSA) is 29.9 Å². The van der Waals surface area contributed by atoms with Gasteiger partial charge >= 0.3 is 0 Å². The fourth-order valence-corrected chi connectivity index (χ4v) is 4.46. The second-order valence-electron chi connectivity index (χ2n) is 6.23. The third-order valence-electron chi connectivity index (χ3n) is 5.04. The van der Waals surface area contributed by atoms with Crippen molar-refractivity contribution in [3.05, 3.63) is 15.9 Å². The summed E-state index contributed by atoms with van der Waals surface area (Å²) in [7, 11) is 0. The highest BCUT2D eigenvalue weighted by molar-refractivity contribution is 9.10. The molecule has 1 N–H and O–H groups in total. The van der Waals surface area contributed by atoms with E-state index in [-0.39, 0.29) is 0 Å². The molecule has 0 aromatic carbocycles. The molecule has 1 aromatic heterocycles. The Kier molecular flexibility index (Phi) is 3.99. The van der Waals surface area contributed by atoms with Crippen LogP contribution in [0.15, 0.2) is 4.47 Å². The van der Waals surface area contributed by atoms with Gasteiger partial charge in [0.1, 0.15) is 0 Å². The highest BCUT2D eigenvalue weighted by Crippen LogP contribution is 2.47. The lowest BCUT2D eigenvalue weighted by molar-refractivity contribution is 0.317. The average molecular weight is 326 g/mol. The first-order chi connectivity index (χ1) is 9.19. The first-order valence-electron chi connectivity index (χ1n) is 7.61. The number of hydrogen-bond donors (Lipinski definition) is 1. The minimum Gasteiger partial charge on any atom is -0.311 e. The number of halogens is 1. The number of aryl methyl sites for hydroxylation is 2. The Balaban J connectivity index is 1.55. The molecule has 2 fully saturated rings. The number of rotatable bonds is 5. The largest absolute Gasteiger partial charge is 0.311 e. The summed E-state index contributed by atoms with van der Waals surface area (Å²) in [5.74, 6) is 2.99. The van der Waals surface area contributed by atoms with Gasteiger partial charge in [-0.3, -0.25) is 4.68 Å². The van der Waals surface area contributed by atoms with Crippen molar-refractivity contribution in [1.82, 2.24) is 15.1 Å². The quantitative estimate of drug-likeness (QED) is 0.897. The van der Waals surface area contributed by atoms with Crippen molar-refractivity contribution in [2.24, 2.45) is 17.8 Å². The number of hydrogen-bond acceptors (Lipinski definition) is 2. The summed E-state index contributed by atoms with van der Waals surface area (Å²) in [5, 5.41) is 8.21. The first-order valence-corrected chi connectivity index (χ1v) is 8.40. The molecule has 4 heteroatoms. The Hall–Kier alpha value is -0.350. The van der Waals surface area contributed by atoms with Crippen LogP contribution in [0.3, 0.4) is 0 Å². The third kappa shape index (κ3) is 2.62. The molecule has 2 saturated carbocycles. The highest BCUT2D eigenvalue weighted by Gasteiger charge is 2.38. The fraction of sp³-hybridized carbons (Fsp3) is 0.800. The summed E-state index contributed by atoms with van der Waals surface area (Å²) in [6, 6.07) is 0. The Bertz CT molecular complexity index is 454. The molecule has 3 rings (SSSR count). The van der Waals surface area contributed by atoms with E-state index in [2.05, 4.69) is 44.9 Å². The Morgan fingerprint density at radius 3 is 2.84 bits per heavy atom. The molecule has 3 unspecified atom stereocenters. The van der Waals surface area contributed by atoms with E-state index in [1.807, 2.05) is 0 Å². The Labute approximate surface area is 124 Å². The Morgan fingerprint density at radius 1 is 1.37 bits per heavy atom. The Morgan fingerprint density at radius 2 is 2.21 bits per heavy atom. The van der Waals surface area contributed by atoms with Crippen molar-refractivity contribution >= 4 is 15.9 Å². The fourth-order valence-electron chi connectivity index (χ4n) is 4.04. The molecule has 2 bridgehead atoms. The normalized spacial score (nSPS) is 29.3. The predicted octanol–water partition coefficient (Wildman–Crippen LogP) is 3.50. The van der Waals surface area contributed by atoms with Crippen LogP contribution >= 0.6 is 15.9 Å². The molecular formula is C15H24BrN3. The van der Waals surface area contributed by atoms with Gasteiger partial charge in [0, 0.05) is 13.1 Å². The lowest BCUT2D eigenvalue weighted by Crippen LogP contribution is -2.27. The zero-order chi connectivity index (χ0) is 13.4. The molecule has 1 aromatic rings. The lowest BCUT2D eigenvalue weighted by atomic mass is 9.89. The second-order valence-corrected chi connectivity index (χ2v) is 7.02. The van der Waals surface area contributed by atoms with Gasteiger partial charge in [-0.2, -0.15) is 5.10 Å². The SMILES string of the molecule is CCn1nc(C)c(Br)c1CNCC1CC2CCC1C2. The van der Waals surface area contributed by atoms with Crippen LogP contribution in [-0.4, -0.2) is 16.3 Å². The van der Waals surface area contributed by atoms with Gasteiger partial charge in [-0.05, 0) is 73.3 Å². The van der Waals surface area contributed by atoms with Gasteiger partial charge in [0.05, 0.1) is 15.9 Å². The van der Waals surface area contributed by atoms with Crippen molar-refractivity contribution in [1.29, 1.82) is 0 Å². The van der Waals surface area contributed by atoms with E-state index in [1.54, 1.807) is 0 Å². The minimum absolute atomic E-state index is 0.927. The molecule has 2 aliphatic rings. The van der Waals surface area contributed by atoms with Gasteiger partial charge < -0.3 is 5.32 Å². The minimum atomic E-state index is 0.927. The smallest absolute Gasteiger partial charge is 0.0739 e. The molecule has 0 radical (unpaired) electrons. The summed E-state index contributed by atoms with van der Waals surface area (Å²) in [4.78, 5) is 0. The maximum absolute atomic E-state index is 4.55. The van der Waals surface area contributed by atoms with E-state index in [1.165, 1.54) is 42.4 Å². The second kappa shape index (κ2) is 5.57. The van der Waals surface area contributed by atoms with Crippen LogP contribution in [0.5, 0.6) is 0 Å². The van der Waals surface area contributed by atoms with Crippen LogP contribution in [0, 0.1) is 24.7 Å². The molecule has 2 aliphatic carbocycles. The molecular weight excluding hydrogens is 302 g/mol. The van der Waals surface area contributed by atoms with Gasteiger partial charge in [0.15, 0.2) is 0 Å². The van der Waals surface area contributed by atoms with Crippen LogP contribution in [0.2, 0.25) is 0 Å². The average Bonchev–Trinajstić information content (AvgIpc) is 3.08.